The van der Waals surface area contributed by atoms with Crippen LogP contribution < -0.4 is 11.7 Å². The highest BCUT2D eigenvalue weighted by atomic mass is 15.4. The van der Waals surface area contributed by atoms with Crippen molar-refractivity contribution in [3.8, 4) is 0 Å². The Labute approximate surface area is 126 Å². The molecule has 0 amide bonds. The molecule has 0 radical (unpaired) electrons. The van der Waals surface area contributed by atoms with Gasteiger partial charge in [0.15, 0.2) is 0 Å². The van der Waals surface area contributed by atoms with Gasteiger partial charge < -0.3 is 0 Å². The van der Waals surface area contributed by atoms with Crippen LogP contribution >= 0.6 is 0 Å². The van der Waals surface area contributed by atoms with Crippen LogP contribution in [-0.4, -0.2) is 36.2 Å². The fourth-order valence-corrected chi connectivity index (χ4v) is 2.28. The Morgan fingerprint density at radius 3 is 1.15 bits per heavy atom. The van der Waals surface area contributed by atoms with E-state index in [4.69, 9.17) is 11.7 Å². The minimum absolute atomic E-state index is 1.04. The van der Waals surface area contributed by atoms with Crippen molar-refractivity contribution in [1.82, 2.24) is 10.0 Å². The third-order valence-corrected chi connectivity index (χ3v) is 3.74. The Balaban J connectivity index is 3.16. The molecule has 0 aliphatic heterocycles. The Kier molecular flexibility index (Phi) is 15.1. The summed E-state index contributed by atoms with van der Waals surface area (Å²) in [6.07, 6.45) is 12.6. The van der Waals surface area contributed by atoms with Gasteiger partial charge in [-0.15, -0.1) is 0 Å². The van der Waals surface area contributed by atoms with Gasteiger partial charge in [-0.3, -0.25) is 11.7 Å². The lowest BCUT2D eigenvalue weighted by atomic mass is 10.1. The van der Waals surface area contributed by atoms with E-state index in [1.165, 1.54) is 64.2 Å². The molecule has 0 unspecified atom stereocenters. The second kappa shape index (κ2) is 15.2. The molecule has 122 valence electrons. The van der Waals surface area contributed by atoms with Crippen molar-refractivity contribution in [2.24, 2.45) is 11.7 Å². The van der Waals surface area contributed by atoms with Crippen LogP contribution in [0.2, 0.25) is 0 Å². The van der Waals surface area contributed by atoms with Gasteiger partial charge in [0.1, 0.15) is 0 Å². The lowest BCUT2D eigenvalue weighted by Crippen LogP contribution is -2.33. The summed E-state index contributed by atoms with van der Waals surface area (Å²) in [4.78, 5) is 0. The van der Waals surface area contributed by atoms with Crippen LogP contribution in [-0.2, 0) is 0 Å². The number of hydrogen-bond acceptors (Lipinski definition) is 4. The smallest absolute Gasteiger partial charge is 0.0128 e. The van der Waals surface area contributed by atoms with Crippen LogP contribution in [0.15, 0.2) is 0 Å². The van der Waals surface area contributed by atoms with Gasteiger partial charge in [-0.05, 0) is 25.7 Å². The summed E-state index contributed by atoms with van der Waals surface area (Å²) in [5, 5.41) is 3.95. The number of nitrogens with zero attached hydrogens (tertiary/aromatic N) is 2. The zero-order chi connectivity index (χ0) is 15.1. The molecule has 4 heteroatoms. The number of hydrazine groups is 2. The molecule has 0 aromatic heterocycles. The highest BCUT2D eigenvalue weighted by molar-refractivity contribution is 4.53. The molecule has 0 bridgehead atoms. The van der Waals surface area contributed by atoms with Crippen molar-refractivity contribution in [2.75, 3.05) is 26.2 Å². The summed E-state index contributed by atoms with van der Waals surface area (Å²) in [6.45, 7) is 8.60. The highest BCUT2D eigenvalue weighted by Gasteiger charge is 1.99. The van der Waals surface area contributed by atoms with Crippen LogP contribution in [0.25, 0.3) is 0 Å². The molecule has 0 rings (SSSR count). The molecule has 0 saturated heterocycles. The molecule has 4 N–H and O–H groups in total. The summed E-state index contributed by atoms with van der Waals surface area (Å²) >= 11 is 0. The molecule has 0 heterocycles. The minimum Gasteiger partial charge on any atom is -0.269 e. The molecular formula is C16H38N4. The third-order valence-electron chi connectivity index (χ3n) is 3.74. The second-order valence-corrected chi connectivity index (χ2v) is 5.90. The van der Waals surface area contributed by atoms with Gasteiger partial charge >= 0.3 is 0 Å². The first kappa shape index (κ1) is 19.8. The fourth-order valence-electron chi connectivity index (χ4n) is 2.28. The first-order chi connectivity index (χ1) is 9.70. The zero-order valence-corrected chi connectivity index (χ0v) is 13.9. The maximum atomic E-state index is 5.91. The van der Waals surface area contributed by atoms with Crippen molar-refractivity contribution >= 4 is 0 Å². The molecule has 0 aliphatic rings. The Bertz CT molecular complexity index is 167. The van der Waals surface area contributed by atoms with Crippen molar-refractivity contribution in [2.45, 2.75) is 78.1 Å². The lowest BCUT2D eigenvalue weighted by molar-refractivity contribution is 0.266. The molecule has 20 heavy (non-hydrogen) atoms. The predicted molar refractivity (Wildman–Crippen MR) is 89.0 cm³/mol. The summed E-state index contributed by atoms with van der Waals surface area (Å²) in [7, 11) is 0. The van der Waals surface area contributed by atoms with Gasteiger partial charge in [-0.2, -0.15) is 0 Å². The first-order valence-electron chi connectivity index (χ1n) is 8.70. The normalized spacial score (nSPS) is 11.7. The topological polar surface area (TPSA) is 58.5 Å². The molecule has 0 aromatic rings. The first-order valence-corrected chi connectivity index (χ1v) is 8.70. The maximum absolute atomic E-state index is 5.91. The average molecular weight is 287 g/mol. The van der Waals surface area contributed by atoms with Gasteiger partial charge in [-0.1, -0.05) is 52.4 Å². The maximum Gasteiger partial charge on any atom is 0.0128 e. The number of nitrogens with two attached hydrogens (primary N) is 2. The number of unbranched alkanes of at least 4 members (excludes halogenated alkanes) is 7. The Morgan fingerprint density at radius 1 is 0.500 bits per heavy atom. The van der Waals surface area contributed by atoms with Gasteiger partial charge in [0.05, 0.1) is 0 Å². The summed E-state index contributed by atoms with van der Waals surface area (Å²) < 4.78 is 0. The average Bonchev–Trinajstić information content (AvgIpc) is 2.45. The lowest BCUT2D eigenvalue weighted by Gasteiger charge is -2.16. The Morgan fingerprint density at radius 2 is 0.800 bits per heavy atom. The fraction of sp³-hybridized carbons (Fsp3) is 1.00. The molecule has 0 fully saturated rings. The predicted octanol–water partition coefficient (Wildman–Crippen LogP) is 3.28. The standard InChI is InChI=1S/C16H38N4/c1-3-5-13-19(17)15-11-9-7-8-10-12-16-20(18)14-6-4-2/h3-18H2,1-2H3. The van der Waals surface area contributed by atoms with Gasteiger partial charge in [0.25, 0.3) is 0 Å². The van der Waals surface area contributed by atoms with Gasteiger partial charge in [-0.25, -0.2) is 10.0 Å². The molecule has 0 saturated carbocycles. The van der Waals surface area contributed by atoms with E-state index in [2.05, 4.69) is 13.8 Å². The quantitative estimate of drug-likeness (QED) is 0.275. The van der Waals surface area contributed by atoms with E-state index in [0.29, 0.717) is 0 Å². The molecule has 0 aromatic carbocycles. The van der Waals surface area contributed by atoms with Crippen molar-refractivity contribution in [3.63, 3.8) is 0 Å². The molecule has 0 spiro atoms. The molecule has 0 atom stereocenters. The van der Waals surface area contributed by atoms with Crippen LogP contribution in [0.5, 0.6) is 0 Å². The van der Waals surface area contributed by atoms with Crippen LogP contribution in [0.1, 0.15) is 78.1 Å². The van der Waals surface area contributed by atoms with Crippen LogP contribution in [0.4, 0.5) is 0 Å². The number of hydrogen-bond donors (Lipinski definition) is 2. The highest BCUT2D eigenvalue weighted by Crippen LogP contribution is 2.06. The van der Waals surface area contributed by atoms with Crippen molar-refractivity contribution < 1.29 is 0 Å². The van der Waals surface area contributed by atoms with Crippen molar-refractivity contribution in [3.05, 3.63) is 0 Å². The van der Waals surface area contributed by atoms with E-state index in [1.54, 1.807) is 0 Å². The van der Waals surface area contributed by atoms with E-state index in [9.17, 15) is 0 Å². The molecule has 0 aliphatic carbocycles. The minimum atomic E-state index is 1.04. The van der Waals surface area contributed by atoms with Crippen molar-refractivity contribution in [1.29, 1.82) is 0 Å². The summed E-state index contributed by atoms with van der Waals surface area (Å²) in [5.74, 6) is 11.8. The summed E-state index contributed by atoms with van der Waals surface area (Å²) in [5.41, 5.74) is 0. The van der Waals surface area contributed by atoms with E-state index < -0.39 is 0 Å². The SMILES string of the molecule is CCCCN(N)CCCCCCCCN(N)CCCC. The monoisotopic (exact) mass is 286 g/mol. The zero-order valence-electron chi connectivity index (χ0n) is 13.9. The van der Waals surface area contributed by atoms with Gasteiger partial charge in [0, 0.05) is 26.2 Å². The van der Waals surface area contributed by atoms with Gasteiger partial charge in [0.2, 0.25) is 0 Å². The van der Waals surface area contributed by atoms with E-state index in [1.807, 2.05) is 10.0 Å². The molecule has 4 nitrogen and oxygen atoms in total. The Hall–Kier alpha value is -0.160. The number of rotatable bonds is 15. The second-order valence-electron chi connectivity index (χ2n) is 5.90. The summed E-state index contributed by atoms with van der Waals surface area (Å²) in [6, 6.07) is 0. The largest absolute Gasteiger partial charge is 0.269 e. The van der Waals surface area contributed by atoms with E-state index in [0.717, 1.165) is 26.2 Å². The van der Waals surface area contributed by atoms with Crippen LogP contribution in [0.3, 0.4) is 0 Å². The van der Waals surface area contributed by atoms with Crippen LogP contribution in [0, 0.1) is 0 Å². The molecular weight excluding hydrogens is 248 g/mol. The third kappa shape index (κ3) is 14.3. The van der Waals surface area contributed by atoms with E-state index >= 15 is 0 Å². The van der Waals surface area contributed by atoms with E-state index in [-0.39, 0.29) is 0 Å².